The third-order valence-electron chi connectivity index (χ3n) is 6.61. The second-order valence-electron chi connectivity index (χ2n) is 10.9. The van der Waals surface area contributed by atoms with E-state index < -0.39 is 59.0 Å². The number of ether oxygens (including phenoxy) is 6. The molecule has 0 saturated carbocycles. The first-order chi connectivity index (χ1) is 23.4. The van der Waals surface area contributed by atoms with E-state index in [0.29, 0.717) is 16.5 Å². The fraction of sp³-hybridized carbons (Fsp3) is 0.613. The van der Waals surface area contributed by atoms with Gasteiger partial charge in [-0.25, -0.2) is 19.2 Å². The Morgan fingerprint density at radius 2 is 1.10 bits per heavy atom. The summed E-state index contributed by atoms with van der Waals surface area (Å²) in [6.07, 6.45) is 0.825. The van der Waals surface area contributed by atoms with Crippen LogP contribution < -0.4 is 0 Å². The van der Waals surface area contributed by atoms with E-state index in [2.05, 4.69) is 13.2 Å². The fourth-order valence-electron chi connectivity index (χ4n) is 4.15. The molecule has 0 aliphatic carbocycles. The Morgan fingerprint density at radius 1 is 0.673 bits per heavy atom. The van der Waals surface area contributed by atoms with Crippen molar-refractivity contribution in [1.82, 2.24) is 10.1 Å². The van der Waals surface area contributed by atoms with Crippen LogP contribution in [0.15, 0.2) is 25.3 Å². The average molecular weight is 699 g/mol. The predicted octanol–water partition coefficient (Wildman–Crippen LogP) is 0.271. The maximum Gasteiger partial charge on any atom is 0.335 e. The van der Waals surface area contributed by atoms with Crippen LogP contribution in [0.4, 0.5) is 0 Å². The van der Waals surface area contributed by atoms with E-state index in [-0.39, 0.29) is 98.0 Å². The molecule has 2 heterocycles. The largest absolute Gasteiger partial charge is 0.462 e. The van der Waals surface area contributed by atoms with E-state index in [4.69, 9.17) is 38.1 Å². The first-order valence-electron chi connectivity index (χ1n) is 15.5. The average Bonchev–Trinajstić information content (AvgIpc) is 3.56. The normalized spacial score (nSPS) is 15.3. The van der Waals surface area contributed by atoms with E-state index in [1.807, 2.05) is 0 Å². The molecule has 272 valence electrons. The van der Waals surface area contributed by atoms with Crippen molar-refractivity contribution < 1.29 is 76.5 Å². The summed E-state index contributed by atoms with van der Waals surface area (Å²) in [5.41, 5.74) is -1.10. The van der Waals surface area contributed by atoms with Gasteiger partial charge in [0.1, 0.15) is 6.10 Å². The summed E-state index contributed by atoms with van der Waals surface area (Å²) in [4.78, 5) is 104. The van der Waals surface area contributed by atoms with Gasteiger partial charge in [-0.2, -0.15) is 0 Å². The van der Waals surface area contributed by atoms with E-state index in [9.17, 15) is 38.4 Å². The van der Waals surface area contributed by atoms with Crippen LogP contribution in [-0.4, -0.2) is 123 Å². The van der Waals surface area contributed by atoms with Crippen LogP contribution in [0, 0.1) is 5.41 Å². The van der Waals surface area contributed by atoms with Crippen molar-refractivity contribution in [2.24, 2.45) is 5.41 Å². The molecule has 18 nitrogen and oxygen atoms in total. The van der Waals surface area contributed by atoms with Crippen LogP contribution >= 0.6 is 0 Å². The molecule has 1 atom stereocenters. The van der Waals surface area contributed by atoms with Gasteiger partial charge in [-0.15, -0.1) is 10.1 Å². The van der Waals surface area contributed by atoms with Gasteiger partial charge in [-0.3, -0.25) is 19.2 Å². The number of imide groups is 2. The maximum atomic E-state index is 12.3. The quantitative estimate of drug-likeness (QED) is 0.0541. The molecule has 4 amide bonds. The second kappa shape index (κ2) is 21.5. The number of hydrogen-bond donors (Lipinski definition) is 0. The highest BCUT2D eigenvalue weighted by Crippen LogP contribution is 2.22. The standard InChI is InChI=1S/C31H42N2O16/c1-4-27(38)46-14-6-13-42-18-31(21-45-17-22(3)47-28(39)5-2,19-43-15-11-29(40)48-32-23(34)7-8-24(32)35)20-44-16-12-30(41)49-33-25(36)9-10-26(33)37/h4-5,22H,1-2,6-21H2,3H3. The lowest BCUT2D eigenvalue weighted by molar-refractivity contribution is -0.198. The Morgan fingerprint density at radius 3 is 1.55 bits per heavy atom. The molecule has 2 saturated heterocycles. The van der Waals surface area contributed by atoms with Crippen LogP contribution in [0.1, 0.15) is 51.9 Å². The molecule has 49 heavy (non-hydrogen) atoms. The van der Waals surface area contributed by atoms with Gasteiger partial charge in [0.2, 0.25) is 0 Å². The van der Waals surface area contributed by atoms with Gasteiger partial charge in [0.25, 0.3) is 23.6 Å². The molecule has 2 aliphatic rings. The molecule has 0 aromatic rings. The summed E-state index contributed by atoms with van der Waals surface area (Å²) in [6.45, 7) is 7.55. The number of carbonyl (C=O) groups is 8. The Labute approximate surface area is 282 Å². The molecule has 0 spiro atoms. The van der Waals surface area contributed by atoms with Gasteiger partial charge >= 0.3 is 23.9 Å². The summed E-state index contributed by atoms with van der Waals surface area (Å²) in [6, 6.07) is 0. The first kappa shape index (κ1) is 40.7. The van der Waals surface area contributed by atoms with Crippen molar-refractivity contribution in [2.75, 3.05) is 59.5 Å². The van der Waals surface area contributed by atoms with Crippen molar-refractivity contribution in [1.29, 1.82) is 0 Å². The number of carbonyl (C=O) groups excluding carboxylic acids is 8. The lowest BCUT2D eigenvalue weighted by atomic mass is 9.92. The Balaban J connectivity index is 2.04. The number of hydrogen-bond acceptors (Lipinski definition) is 16. The van der Waals surface area contributed by atoms with Crippen molar-refractivity contribution in [2.45, 2.75) is 58.0 Å². The Hall–Kier alpha value is -4.52. The lowest BCUT2D eigenvalue weighted by Gasteiger charge is -2.33. The minimum Gasteiger partial charge on any atom is -0.462 e. The van der Waals surface area contributed by atoms with E-state index in [0.717, 1.165) is 12.2 Å². The maximum absolute atomic E-state index is 12.3. The van der Waals surface area contributed by atoms with Crippen molar-refractivity contribution in [3.63, 3.8) is 0 Å². The van der Waals surface area contributed by atoms with Crippen molar-refractivity contribution in [3.05, 3.63) is 25.3 Å². The smallest absolute Gasteiger partial charge is 0.335 e. The highest BCUT2D eigenvalue weighted by atomic mass is 16.7. The molecule has 2 rings (SSSR count). The summed E-state index contributed by atoms with van der Waals surface area (Å²) >= 11 is 0. The highest BCUT2D eigenvalue weighted by molar-refractivity contribution is 6.02. The molecule has 0 N–H and O–H groups in total. The monoisotopic (exact) mass is 698 g/mol. The van der Waals surface area contributed by atoms with E-state index >= 15 is 0 Å². The number of hydroxylamine groups is 4. The SMILES string of the molecule is C=CC(=O)OCCCOCC(COCCC(=O)ON1C(=O)CCC1=O)(COCCC(=O)ON1C(=O)CCC1=O)COCC(C)OC(=O)C=C. The summed E-state index contributed by atoms with van der Waals surface area (Å²) in [7, 11) is 0. The molecule has 0 bridgehead atoms. The molecule has 2 aliphatic heterocycles. The van der Waals surface area contributed by atoms with Gasteiger partial charge in [-0.05, 0) is 6.92 Å². The Bertz CT molecular complexity index is 1140. The van der Waals surface area contributed by atoms with Gasteiger partial charge < -0.3 is 38.1 Å². The lowest BCUT2D eigenvalue weighted by Crippen LogP contribution is -2.43. The van der Waals surface area contributed by atoms with Crippen LogP contribution in [0.3, 0.4) is 0 Å². The predicted molar refractivity (Wildman–Crippen MR) is 161 cm³/mol. The molecule has 18 heteroatoms. The topological polar surface area (TPSA) is 217 Å². The summed E-state index contributed by atoms with van der Waals surface area (Å²) < 4.78 is 33.3. The third-order valence-corrected chi connectivity index (χ3v) is 6.61. The van der Waals surface area contributed by atoms with Gasteiger partial charge in [0, 0.05) is 50.9 Å². The van der Waals surface area contributed by atoms with E-state index in [1.165, 1.54) is 0 Å². The third kappa shape index (κ3) is 15.1. The molecule has 0 aromatic heterocycles. The van der Waals surface area contributed by atoms with E-state index in [1.54, 1.807) is 6.92 Å². The zero-order valence-electron chi connectivity index (χ0n) is 27.4. The molecule has 1 unspecified atom stereocenters. The minimum absolute atomic E-state index is 0.0483. The zero-order valence-corrected chi connectivity index (χ0v) is 27.4. The first-order valence-corrected chi connectivity index (χ1v) is 15.5. The molecule has 0 radical (unpaired) electrons. The fourth-order valence-corrected chi connectivity index (χ4v) is 4.15. The molecule has 0 aromatic carbocycles. The van der Waals surface area contributed by atoms with Gasteiger partial charge in [-0.1, -0.05) is 13.2 Å². The van der Waals surface area contributed by atoms with Gasteiger partial charge in [0.15, 0.2) is 0 Å². The van der Waals surface area contributed by atoms with Crippen LogP contribution in [0.2, 0.25) is 0 Å². The number of amides is 4. The Kier molecular flexibility index (Phi) is 17.8. The zero-order chi connectivity index (χ0) is 36.2. The van der Waals surface area contributed by atoms with Gasteiger partial charge in [0.05, 0.1) is 71.1 Å². The van der Waals surface area contributed by atoms with Crippen molar-refractivity contribution >= 4 is 47.5 Å². The van der Waals surface area contributed by atoms with Crippen LogP contribution in [-0.2, 0) is 76.5 Å². The minimum atomic E-state index is -1.10. The number of esters is 2. The van der Waals surface area contributed by atoms with Crippen molar-refractivity contribution in [3.8, 4) is 0 Å². The van der Waals surface area contributed by atoms with Crippen LogP contribution in [0.25, 0.3) is 0 Å². The molecule has 2 fully saturated rings. The summed E-state index contributed by atoms with van der Waals surface area (Å²) in [5.74, 6) is -5.50. The number of rotatable bonds is 25. The highest BCUT2D eigenvalue weighted by Gasteiger charge is 2.35. The molecular weight excluding hydrogens is 656 g/mol. The van der Waals surface area contributed by atoms with Crippen LogP contribution in [0.5, 0.6) is 0 Å². The number of nitrogens with zero attached hydrogens (tertiary/aromatic N) is 2. The second-order valence-corrected chi connectivity index (χ2v) is 10.9. The summed E-state index contributed by atoms with van der Waals surface area (Å²) in [5, 5.41) is 0.852. The molecular formula is C31H42N2O16.